The van der Waals surface area contributed by atoms with E-state index >= 15 is 0 Å². The van der Waals surface area contributed by atoms with Crippen LogP contribution in [0.2, 0.25) is 0 Å². The van der Waals surface area contributed by atoms with Crippen LogP contribution in [0.4, 0.5) is 11.4 Å². The number of hydrogen-bond donors (Lipinski definition) is 4. The van der Waals surface area contributed by atoms with Crippen molar-refractivity contribution in [3.05, 3.63) is 69.3 Å². The van der Waals surface area contributed by atoms with E-state index < -0.39 is 16.7 Å². The van der Waals surface area contributed by atoms with Crippen LogP contribution in [0, 0.1) is 16.0 Å². The summed E-state index contributed by atoms with van der Waals surface area (Å²) in [7, 11) is 1.58. The highest BCUT2D eigenvalue weighted by molar-refractivity contribution is 5.96. The highest BCUT2D eigenvalue weighted by atomic mass is 16.6. The largest absolute Gasteiger partial charge is 0.377 e. The van der Waals surface area contributed by atoms with Gasteiger partial charge in [0.25, 0.3) is 11.6 Å². The first kappa shape index (κ1) is 22.7. The molecule has 0 radical (unpaired) electrons. The van der Waals surface area contributed by atoms with Gasteiger partial charge in [0, 0.05) is 42.7 Å². The fraction of sp³-hybridized carbons (Fsp3) is 0.318. The third-order valence-electron chi connectivity index (χ3n) is 5.53. The number of benzene rings is 2. The van der Waals surface area contributed by atoms with Crippen molar-refractivity contribution >= 4 is 29.1 Å². The summed E-state index contributed by atoms with van der Waals surface area (Å²) < 4.78 is 0. The zero-order valence-electron chi connectivity index (χ0n) is 17.6. The predicted molar refractivity (Wildman–Crippen MR) is 118 cm³/mol. The van der Waals surface area contributed by atoms with Crippen molar-refractivity contribution in [3.63, 3.8) is 0 Å². The maximum Gasteiger partial charge on any atom is 0.292 e. The minimum Gasteiger partial charge on any atom is -0.377 e. The van der Waals surface area contributed by atoms with Gasteiger partial charge < -0.3 is 21.7 Å². The number of amides is 3. The average Bonchev–Trinajstić information content (AvgIpc) is 3.25. The van der Waals surface area contributed by atoms with Crippen molar-refractivity contribution in [3.8, 4) is 0 Å². The van der Waals surface area contributed by atoms with Gasteiger partial charge in [0.2, 0.25) is 11.8 Å². The van der Waals surface area contributed by atoms with Crippen LogP contribution in [0.25, 0.3) is 0 Å². The number of primary amides is 1. The standard InChI is InChI=1S/C22H25N5O5/c1-24-21(29)15-5-7-17(10-15)26-18-11-16(6-8-19(18)27(31)32)22(30)25-12-13-3-2-4-14(9-13)20(23)28/h2-4,6,8-9,11,15,17,26H,5,7,10,12H2,1H3,(H2,23,28)(H,24,29)(H,25,30)/t15-,17-/m1/s1. The molecule has 1 saturated carbocycles. The molecule has 0 spiro atoms. The molecule has 32 heavy (non-hydrogen) atoms. The molecule has 3 amide bonds. The van der Waals surface area contributed by atoms with E-state index in [9.17, 15) is 24.5 Å². The van der Waals surface area contributed by atoms with Gasteiger partial charge in [-0.1, -0.05) is 12.1 Å². The Kier molecular flexibility index (Phi) is 7.04. The zero-order chi connectivity index (χ0) is 23.3. The summed E-state index contributed by atoms with van der Waals surface area (Å²) in [5.41, 5.74) is 6.66. The number of anilines is 1. The molecule has 3 rings (SSSR count). The van der Waals surface area contributed by atoms with Gasteiger partial charge in [0.15, 0.2) is 0 Å². The topological polar surface area (TPSA) is 156 Å². The number of nitrogens with two attached hydrogens (primary N) is 1. The molecule has 168 valence electrons. The Morgan fingerprint density at radius 1 is 1.12 bits per heavy atom. The number of nitro groups is 1. The molecule has 0 aliphatic heterocycles. The fourth-order valence-electron chi connectivity index (χ4n) is 3.85. The van der Waals surface area contributed by atoms with Crippen LogP contribution in [-0.4, -0.2) is 35.7 Å². The monoisotopic (exact) mass is 439 g/mol. The molecule has 1 aliphatic carbocycles. The molecule has 2 aromatic carbocycles. The Labute approximate surface area is 184 Å². The zero-order valence-corrected chi connectivity index (χ0v) is 17.6. The lowest BCUT2D eigenvalue weighted by atomic mass is 10.1. The highest BCUT2D eigenvalue weighted by Gasteiger charge is 2.30. The normalized spacial score (nSPS) is 17.4. The molecule has 5 N–H and O–H groups in total. The van der Waals surface area contributed by atoms with Crippen LogP contribution in [0.1, 0.15) is 45.5 Å². The lowest BCUT2D eigenvalue weighted by Crippen LogP contribution is -2.27. The second kappa shape index (κ2) is 9.90. The van der Waals surface area contributed by atoms with E-state index in [1.807, 2.05) is 0 Å². The fourth-order valence-corrected chi connectivity index (χ4v) is 3.85. The molecule has 0 heterocycles. The molecule has 2 aromatic rings. The number of rotatable bonds is 8. The lowest BCUT2D eigenvalue weighted by molar-refractivity contribution is -0.384. The third kappa shape index (κ3) is 5.39. The second-order valence-corrected chi connectivity index (χ2v) is 7.70. The van der Waals surface area contributed by atoms with Gasteiger partial charge >= 0.3 is 0 Å². The van der Waals surface area contributed by atoms with E-state index in [-0.39, 0.29) is 41.3 Å². The summed E-state index contributed by atoms with van der Waals surface area (Å²) >= 11 is 0. The third-order valence-corrected chi connectivity index (χ3v) is 5.53. The quantitative estimate of drug-likeness (QED) is 0.364. The van der Waals surface area contributed by atoms with Crippen LogP contribution >= 0.6 is 0 Å². The summed E-state index contributed by atoms with van der Waals surface area (Å²) in [4.78, 5) is 46.7. The Morgan fingerprint density at radius 2 is 1.91 bits per heavy atom. The molecule has 1 aliphatic rings. The molecule has 1 fully saturated rings. The summed E-state index contributed by atoms with van der Waals surface area (Å²) in [5, 5.41) is 20.0. The Hall–Kier alpha value is -3.95. The number of carbonyl (C=O) groups is 3. The smallest absolute Gasteiger partial charge is 0.292 e. The van der Waals surface area contributed by atoms with Gasteiger partial charge in [-0.2, -0.15) is 0 Å². The molecule has 2 atom stereocenters. The molecule has 0 aromatic heterocycles. The van der Waals surface area contributed by atoms with Crippen molar-refractivity contribution in [2.75, 3.05) is 12.4 Å². The lowest BCUT2D eigenvalue weighted by Gasteiger charge is -2.15. The molecule has 0 saturated heterocycles. The first-order valence-electron chi connectivity index (χ1n) is 10.2. The van der Waals surface area contributed by atoms with Gasteiger partial charge in [-0.05, 0) is 49.1 Å². The van der Waals surface area contributed by atoms with Gasteiger partial charge in [-0.3, -0.25) is 24.5 Å². The van der Waals surface area contributed by atoms with Crippen LogP contribution in [-0.2, 0) is 11.3 Å². The summed E-state index contributed by atoms with van der Waals surface area (Å²) in [6, 6.07) is 10.6. The Bertz CT molecular complexity index is 1050. The van der Waals surface area contributed by atoms with E-state index in [1.165, 1.54) is 18.2 Å². The van der Waals surface area contributed by atoms with Crippen LogP contribution in [0.3, 0.4) is 0 Å². The van der Waals surface area contributed by atoms with Crippen molar-refractivity contribution in [2.24, 2.45) is 11.7 Å². The predicted octanol–water partition coefficient (Wildman–Crippen LogP) is 1.95. The number of nitrogens with zero attached hydrogens (tertiary/aromatic N) is 1. The molecule has 10 nitrogen and oxygen atoms in total. The van der Waals surface area contributed by atoms with E-state index in [2.05, 4.69) is 16.0 Å². The van der Waals surface area contributed by atoms with Crippen molar-refractivity contribution in [1.29, 1.82) is 0 Å². The maximum atomic E-state index is 12.6. The Balaban J connectivity index is 1.71. The van der Waals surface area contributed by atoms with Gasteiger partial charge in [0.1, 0.15) is 5.69 Å². The summed E-state index contributed by atoms with van der Waals surface area (Å²) in [5.74, 6) is -1.16. The van der Waals surface area contributed by atoms with Gasteiger partial charge in [0.05, 0.1) is 4.92 Å². The number of nitrogens with one attached hydrogen (secondary N) is 3. The summed E-state index contributed by atoms with van der Waals surface area (Å²) in [6.07, 6.45) is 1.95. The molecule has 10 heteroatoms. The Morgan fingerprint density at radius 3 is 2.59 bits per heavy atom. The maximum absolute atomic E-state index is 12.6. The first-order chi connectivity index (χ1) is 15.3. The van der Waals surface area contributed by atoms with Crippen molar-refractivity contribution in [2.45, 2.75) is 31.8 Å². The minimum atomic E-state index is -0.560. The first-order valence-corrected chi connectivity index (χ1v) is 10.2. The van der Waals surface area contributed by atoms with Gasteiger partial charge in [-0.25, -0.2) is 0 Å². The van der Waals surface area contributed by atoms with Crippen molar-refractivity contribution in [1.82, 2.24) is 10.6 Å². The van der Waals surface area contributed by atoms with Crippen LogP contribution < -0.4 is 21.7 Å². The molecule has 0 unspecified atom stereocenters. The number of hydrogen-bond acceptors (Lipinski definition) is 6. The SMILES string of the molecule is CNC(=O)[C@@H]1CC[C@@H](Nc2cc(C(=O)NCc3cccc(C(N)=O)c3)ccc2[N+](=O)[O-])C1. The average molecular weight is 439 g/mol. The summed E-state index contributed by atoms with van der Waals surface area (Å²) in [6.45, 7) is 0.163. The van der Waals surface area contributed by atoms with E-state index in [0.717, 1.165) is 0 Å². The molecular weight excluding hydrogens is 414 g/mol. The minimum absolute atomic E-state index is 0.0441. The molecule has 0 bridgehead atoms. The van der Waals surface area contributed by atoms with E-state index in [4.69, 9.17) is 5.73 Å². The number of carbonyl (C=O) groups excluding carboxylic acids is 3. The van der Waals surface area contributed by atoms with E-state index in [0.29, 0.717) is 30.4 Å². The van der Waals surface area contributed by atoms with Gasteiger partial charge in [-0.15, -0.1) is 0 Å². The van der Waals surface area contributed by atoms with Crippen LogP contribution in [0.15, 0.2) is 42.5 Å². The molecular formula is C22H25N5O5. The highest BCUT2D eigenvalue weighted by Crippen LogP contribution is 2.32. The number of nitro benzene ring substituents is 1. The van der Waals surface area contributed by atoms with Crippen molar-refractivity contribution < 1.29 is 19.3 Å². The second-order valence-electron chi connectivity index (χ2n) is 7.70. The van der Waals surface area contributed by atoms with Crippen LogP contribution in [0.5, 0.6) is 0 Å². The van der Waals surface area contributed by atoms with E-state index in [1.54, 1.807) is 31.3 Å².